The lowest BCUT2D eigenvalue weighted by Crippen LogP contribution is -2.30. The van der Waals surface area contributed by atoms with E-state index in [9.17, 15) is 0 Å². The van der Waals surface area contributed by atoms with E-state index in [1.165, 1.54) is 4.90 Å². The molecule has 20 heavy (non-hydrogen) atoms. The number of hydrogen-bond donors (Lipinski definition) is 3. The summed E-state index contributed by atoms with van der Waals surface area (Å²) in [4.78, 5) is 5.36. The fourth-order valence-corrected chi connectivity index (χ4v) is 3.47. The third-order valence-electron chi connectivity index (χ3n) is 2.90. The van der Waals surface area contributed by atoms with Gasteiger partial charge in [-0.2, -0.15) is 0 Å². The molecule has 0 aliphatic carbocycles. The number of anilines is 1. The average Bonchev–Trinajstić information content (AvgIpc) is 2.45. The van der Waals surface area contributed by atoms with E-state index in [1.54, 1.807) is 18.0 Å². The van der Waals surface area contributed by atoms with Gasteiger partial charge >= 0.3 is 0 Å². The van der Waals surface area contributed by atoms with Gasteiger partial charge in [0.2, 0.25) is 0 Å². The smallest absolute Gasteiger partial charge is 0.128 e. The van der Waals surface area contributed by atoms with Crippen molar-refractivity contribution in [2.45, 2.75) is 17.9 Å². The number of nitrogens with one attached hydrogen (secondary N) is 1. The van der Waals surface area contributed by atoms with E-state index in [0.717, 1.165) is 21.4 Å². The molecule has 0 aliphatic rings. The number of rotatable bonds is 5. The molecular weight excluding hydrogens is 336 g/mol. The SMILES string of the molecule is Cc1cnc(N)c(C(CSc2ccccc2Br)NN)c1. The van der Waals surface area contributed by atoms with E-state index in [1.807, 2.05) is 31.2 Å². The van der Waals surface area contributed by atoms with Crippen molar-refractivity contribution in [1.82, 2.24) is 10.4 Å². The molecule has 0 saturated carbocycles. The molecule has 0 amide bonds. The molecular formula is C14H17BrN4S. The second-order valence-corrected chi connectivity index (χ2v) is 6.36. The van der Waals surface area contributed by atoms with Gasteiger partial charge in [0.1, 0.15) is 5.82 Å². The number of aromatic nitrogens is 1. The number of nitrogens with zero attached hydrogens (tertiary/aromatic N) is 1. The van der Waals surface area contributed by atoms with E-state index in [4.69, 9.17) is 11.6 Å². The Morgan fingerprint density at radius 1 is 1.40 bits per heavy atom. The van der Waals surface area contributed by atoms with Gasteiger partial charge in [0.05, 0.1) is 6.04 Å². The summed E-state index contributed by atoms with van der Waals surface area (Å²) in [6, 6.07) is 10.1. The number of thioether (sulfide) groups is 1. The molecule has 4 nitrogen and oxygen atoms in total. The van der Waals surface area contributed by atoms with Gasteiger partial charge in [-0.25, -0.2) is 4.98 Å². The number of hydrazine groups is 1. The molecule has 6 heteroatoms. The number of nitrogens with two attached hydrogens (primary N) is 2. The molecule has 0 aliphatic heterocycles. The molecule has 5 N–H and O–H groups in total. The Balaban J connectivity index is 2.13. The second-order valence-electron chi connectivity index (χ2n) is 4.45. The maximum absolute atomic E-state index is 5.94. The zero-order valence-corrected chi connectivity index (χ0v) is 13.5. The summed E-state index contributed by atoms with van der Waals surface area (Å²) in [5.74, 6) is 6.96. The summed E-state index contributed by atoms with van der Waals surface area (Å²) in [6.07, 6.45) is 1.76. The minimum Gasteiger partial charge on any atom is -0.383 e. The number of halogens is 1. The van der Waals surface area contributed by atoms with Gasteiger partial charge in [-0.1, -0.05) is 12.1 Å². The Labute approximate surface area is 131 Å². The standard InChI is InChI=1S/C14H17BrN4S/c1-9-6-10(14(16)18-7-9)12(19-17)8-20-13-5-3-2-4-11(13)15/h2-7,12,19H,8,17H2,1H3,(H2,16,18). The van der Waals surface area contributed by atoms with Gasteiger partial charge in [0.25, 0.3) is 0 Å². The zero-order valence-electron chi connectivity index (χ0n) is 11.1. The molecule has 0 radical (unpaired) electrons. The van der Waals surface area contributed by atoms with Crippen LogP contribution >= 0.6 is 27.7 Å². The molecule has 1 aromatic heterocycles. The monoisotopic (exact) mass is 352 g/mol. The third kappa shape index (κ3) is 3.73. The molecule has 2 aromatic rings. The first-order valence-electron chi connectivity index (χ1n) is 6.17. The maximum atomic E-state index is 5.94. The number of aryl methyl sites for hydroxylation is 1. The molecule has 0 spiro atoms. The van der Waals surface area contributed by atoms with E-state index >= 15 is 0 Å². The van der Waals surface area contributed by atoms with Crippen molar-refractivity contribution in [2.24, 2.45) is 5.84 Å². The van der Waals surface area contributed by atoms with Crippen LogP contribution in [-0.2, 0) is 0 Å². The highest BCUT2D eigenvalue weighted by atomic mass is 79.9. The van der Waals surface area contributed by atoms with Crippen LogP contribution in [0.4, 0.5) is 5.82 Å². The minimum absolute atomic E-state index is 0.0421. The van der Waals surface area contributed by atoms with Gasteiger partial charge in [-0.15, -0.1) is 11.8 Å². The predicted molar refractivity (Wildman–Crippen MR) is 88.3 cm³/mol. The first-order valence-corrected chi connectivity index (χ1v) is 7.95. The second kappa shape index (κ2) is 7.08. The highest BCUT2D eigenvalue weighted by Crippen LogP contribution is 2.31. The summed E-state index contributed by atoms with van der Waals surface area (Å²) in [5, 5.41) is 0. The predicted octanol–water partition coefficient (Wildman–Crippen LogP) is 3.03. The quantitative estimate of drug-likeness (QED) is 0.438. The van der Waals surface area contributed by atoms with Crippen LogP contribution in [0.2, 0.25) is 0 Å². The summed E-state index contributed by atoms with van der Waals surface area (Å²) < 4.78 is 1.08. The minimum atomic E-state index is -0.0421. The van der Waals surface area contributed by atoms with Crippen molar-refractivity contribution in [3.05, 3.63) is 52.1 Å². The van der Waals surface area contributed by atoms with Crippen LogP contribution in [-0.4, -0.2) is 10.7 Å². The Bertz CT molecular complexity index is 591. The highest BCUT2D eigenvalue weighted by Gasteiger charge is 2.15. The topological polar surface area (TPSA) is 77.0 Å². The van der Waals surface area contributed by atoms with Crippen molar-refractivity contribution < 1.29 is 0 Å². The van der Waals surface area contributed by atoms with Crippen molar-refractivity contribution in [3.63, 3.8) is 0 Å². The Kier molecular flexibility index (Phi) is 5.42. The summed E-state index contributed by atoms with van der Waals surface area (Å²) >= 11 is 5.26. The maximum Gasteiger partial charge on any atom is 0.128 e. The largest absolute Gasteiger partial charge is 0.383 e. The summed E-state index contributed by atoms with van der Waals surface area (Å²) in [7, 11) is 0. The van der Waals surface area contributed by atoms with Crippen molar-refractivity contribution in [3.8, 4) is 0 Å². The van der Waals surface area contributed by atoms with Crippen LogP contribution in [0, 0.1) is 6.92 Å². The van der Waals surface area contributed by atoms with Gasteiger partial charge in [0, 0.05) is 26.9 Å². The first-order chi connectivity index (χ1) is 9.61. The van der Waals surface area contributed by atoms with Crippen LogP contribution in [0.25, 0.3) is 0 Å². The van der Waals surface area contributed by atoms with E-state index in [2.05, 4.69) is 32.4 Å². The van der Waals surface area contributed by atoms with Crippen molar-refractivity contribution >= 4 is 33.5 Å². The lowest BCUT2D eigenvalue weighted by Gasteiger charge is -2.18. The normalized spacial score (nSPS) is 12.3. The third-order valence-corrected chi connectivity index (χ3v) is 5.03. The summed E-state index contributed by atoms with van der Waals surface area (Å²) in [5.41, 5.74) is 10.8. The fraction of sp³-hybridized carbons (Fsp3) is 0.214. The number of nitrogen functional groups attached to an aromatic ring is 1. The molecule has 2 rings (SSSR count). The zero-order chi connectivity index (χ0) is 14.5. The molecule has 0 bridgehead atoms. The van der Waals surface area contributed by atoms with Crippen molar-refractivity contribution in [2.75, 3.05) is 11.5 Å². The molecule has 1 atom stereocenters. The van der Waals surface area contributed by atoms with E-state index < -0.39 is 0 Å². The van der Waals surface area contributed by atoms with Crippen LogP contribution < -0.4 is 17.0 Å². The Morgan fingerprint density at radius 3 is 2.85 bits per heavy atom. The van der Waals surface area contributed by atoms with E-state index in [0.29, 0.717) is 5.82 Å². The average molecular weight is 353 g/mol. The number of benzene rings is 1. The number of hydrogen-bond acceptors (Lipinski definition) is 5. The van der Waals surface area contributed by atoms with Crippen LogP contribution in [0.3, 0.4) is 0 Å². The van der Waals surface area contributed by atoms with Crippen LogP contribution in [0.15, 0.2) is 45.9 Å². The van der Waals surface area contributed by atoms with Gasteiger partial charge < -0.3 is 5.73 Å². The molecule has 0 saturated heterocycles. The molecule has 1 unspecified atom stereocenters. The first kappa shape index (κ1) is 15.3. The Morgan fingerprint density at radius 2 is 2.15 bits per heavy atom. The Hall–Kier alpha value is -1.08. The van der Waals surface area contributed by atoms with E-state index in [-0.39, 0.29) is 6.04 Å². The van der Waals surface area contributed by atoms with Gasteiger partial charge in [-0.3, -0.25) is 11.3 Å². The van der Waals surface area contributed by atoms with Gasteiger partial charge in [-0.05, 0) is 46.6 Å². The molecule has 1 heterocycles. The highest BCUT2D eigenvalue weighted by molar-refractivity contribution is 9.10. The fourth-order valence-electron chi connectivity index (χ4n) is 1.84. The van der Waals surface area contributed by atoms with Crippen molar-refractivity contribution in [1.29, 1.82) is 0 Å². The van der Waals surface area contributed by atoms with Crippen LogP contribution in [0.1, 0.15) is 17.2 Å². The van der Waals surface area contributed by atoms with Crippen LogP contribution in [0.5, 0.6) is 0 Å². The molecule has 106 valence electrons. The lowest BCUT2D eigenvalue weighted by atomic mass is 10.1. The summed E-state index contributed by atoms with van der Waals surface area (Å²) in [6.45, 7) is 1.99. The molecule has 1 aromatic carbocycles. The van der Waals surface area contributed by atoms with Gasteiger partial charge in [0.15, 0.2) is 0 Å². The lowest BCUT2D eigenvalue weighted by molar-refractivity contribution is 0.610. The number of pyridine rings is 1. The molecule has 0 fully saturated rings.